The molecule has 0 amide bonds. The highest BCUT2D eigenvalue weighted by Gasteiger charge is 2.32. The summed E-state index contributed by atoms with van der Waals surface area (Å²) in [6.07, 6.45) is -4.33. The van der Waals surface area contributed by atoms with Gasteiger partial charge in [0.1, 0.15) is 12.4 Å². The van der Waals surface area contributed by atoms with Crippen LogP contribution in [0.1, 0.15) is 17.2 Å². The van der Waals surface area contributed by atoms with Gasteiger partial charge >= 0.3 is 6.18 Å². The highest BCUT2D eigenvalue weighted by atomic mass is 35.5. The van der Waals surface area contributed by atoms with E-state index in [1.807, 2.05) is 0 Å². The molecule has 0 aromatic heterocycles. The third-order valence-electron chi connectivity index (χ3n) is 2.16. The molecule has 15 heavy (non-hydrogen) atoms. The van der Waals surface area contributed by atoms with Gasteiger partial charge in [-0.15, -0.1) is 12.4 Å². The van der Waals surface area contributed by atoms with E-state index in [9.17, 15) is 13.2 Å². The second-order valence-electron chi connectivity index (χ2n) is 3.17. The fraction of sp³-hybridized carbons (Fsp3) is 0.333. The molecule has 0 saturated heterocycles. The summed E-state index contributed by atoms with van der Waals surface area (Å²) < 4.78 is 41.8. The van der Waals surface area contributed by atoms with Gasteiger partial charge in [0.25, 0.3) is 0 Å². The topological polar surface area (TPSA) is 35.2 Å². The highest BCUT2D eigenvalue weighted by molar-refractivity contribution is 5.85. The molecular weight excluding hydrogens is 231 g/mol. The molecule has 1 atom stereocenters. The summed E-state index contributed by atoms with van der Waals surface area (Å²) in [6, 6.07) is 3.07. The Morgan fingerprint density at radius 2 is 2.00 bits per heavy atom. The monoisotopic (exact) mass is 239 g/mol. The number of halogens is 4. The minimum Gasteiger partial charge on any atom is -0.491 e. The van der Waals surface area contributed by atoms with Gasteiger partial charge in [0.15, 0.2) is 0 Å². The van der Waals surface area contributed by atoms with E-state index < -0.39 is 11.7 Å². The van der Waals surface area contributed by atoms with Gasteiger partial charge in [-0.25, -0.2) is 0 Å². The number of rotatable bonds is 0. The molecule has 0 radical (unpaired) electrons. The van der Waals surface area contributed by atoms with Crippen LogP contribution in [0.25, 0.3) is 0 Å². The van der Waals surface area contributed by atoms with E-state index in [0.29, 0.717) is 5.56 Å². The van der Waals surface area contributed by atoms with Crippen molar-refractivity contribution in [1.82, 2.24) is 0 Å². The Bertz CT molecular complexity index is 367. The number of alkyl halides is 3. The molecule has 0 aliphatic carbocycles. The minimum absolute atomic E-state index is 0. The predicted molar refractivity (Wildman–Crippen MR) is 51.1 cm³/mol. The predicted octanol–water partition coefficient (Wildman–Crippen LogP) is 2.52. The third kappa shape index (κ3) is 2.18. The Morgan fingerprint density at radius 3 is 2.60 bits per heavy atom. The molecule has 1 aromatic carbocycles. The van der Waals surface area contributed by atoms with E-state index in [4.69, 9.17) is 10.5 Å². The molecular formula is C9H9ClF3NO. The molecule has 0 saturated carbocycles. The fourth-order valence-electron chi connectivity index (χ4n) is 1.41. The summed E-state index contributed by atoms with van der Waals surface area (Å²) in [6.45, 7) is 0.247. The van der Waals surface area contributed by atoms with Gasteiger partial charge in [-0.2, -0.15) is 13.2 Å². The van der Waals surface area contributed by atoms with Crippen LogP contribution in [0.5, 0.6) is 5.75 Å². The van der Waals surface area contributed by atoms with Crippen molar-refractivity contribution < 1.29 is 17.9 Å². The van der Waals surface area contributed by atoms with Crippen molar-refractivity contribution in [2.75, 3.05) is 6.61 Å². The van der Waals surface area contributed by atoms with Gasteiger partial charge in [0.2, 0.25) is 0 Å². The number of hydrogen-bond acceptors (Lipinski definition) is 2. The lowest BCUT2D eigenvalue weighted by molar-refractivity contribution is -0.137. The van der Waals surface area contributed by atoms with Crippen LogP contribution in [0.2, 0.25) is 0 Å². The zero-order valence-corrected chi connectivity index (χ0v) is 8.36. The second kappa shape index (κ2) is 3.90. The zero-order chi connectivity index (χ0) is 10.3. The standard InChI is InChI=1S/C9H8F3NO.ClH/c10-9(11,12)5-1-2-6-7(13)4-14-8(6)3-5;/h1-3,7H,4,13H2;1H/t7-;/m1./s1. The summed E-state index contributed by atoms with van der Waals surface area (Å²) in [4.78, 5) is 0. The normalized spacial score (nSPS) is 19.1. The molecule has 2 rings (SSSR count). The van der Waals surface area contributed by atoms with E-state index in [1.165, 1.54) is 6.07 Å². The van der Waals surface area contributed by atoms with Crippen LogP contribution in [0.15, 0.2) is 18.2 Å². The van der Waals surface area contributed by atoms with Gasteiger partial charge in [-0.05, 0) is 12.1 Å². The molecule has 2 nitrogen and oxygen atoms in total. The molecule has 1 aromatic rings. The first-order valence-corrected chi connectivity index (χ1v) is 4.08. The Balaban J connectivity index is 0.00000112. The lowest BCUT2D eigenvalue weighted by Crippen LogP contribution is -2.10. The van der Waals surface area contributed by atoms with E-state index in [0.717, 1.165) is 12.1 Å². The van der Waals surface area contributed by atoms with Crippen molar-refractivity contribution in [1.29, 1.82) is 0 Å². The summed E-state index contributed by atoms with van der Waals surface area (Å²) in [5, 5.41) is 0. The summed E-state index contributed by atoms with van der Waals surface area (Å²) in [5.41, 5.74) is 5.53. The smallest absolute Gasteiger partial charge is 0.416 e. The number of nitrogens with two attached hydrogens (primary N) is 1. The SMILES string of the molecule is Cl.N[C@@H]1COc2cc(C(F)(F)F)ccc21. The Morgan fingerprint density at radius 1 is 1.33 bits per heavy atom. The van der Waals surface area contributed by atoms with Crippen LogP contribution in [0, 0.1) is 0 Å². The first-order chi connectivity index (χ1) is 6.48. The van der Waals surface area contributed by atoms with Gasteiger partial charge in [0, 0.05) is 5.56 Å². The van der Waals surface area contributed by atoms with Crippen molar-refractivity contribution >= 4 is 12.4 Å². The molecule has 0 bridgehead atoms. The molecule has 0 spiro atoms. The van der Waals surface area contributed by atoms with Gasteiger partial charge in [0.05, 0.1) is 11.6 Å². The van der Waals surface area contributed by atoms with Crippen molar-refractivity contribution in [3.05, 3.63) is 29.3 Å². The van der Waals surface area contributed by atoms with Crippen LogP contribution in [-0.2, 0) is 6.18 Å². The maximum absolute atomic E-state index is 12.3. The Hall–Kier alpha value is -0.940. The molecule has 0 unspecified atom stereocenters. The van der Waals surface area contributed by atoms with Crippen LogP contribution in [0.4, 0.5) is 13.2 Å². The minimum atomic E-state index is -4.33. The summed E-state index contributed by atoms with van der Waals surface area (Å²) in [5.74, 6) is 0.243. The van der Waals surface area contributed by atoms with E-state index >= 15 is 0 Å². The molecule has 1 aliphatic heterocycles. The number of ether oxygens (including phenoxy) is 1. The van der Waals surface area contributed by atoms with Gasteiger partial charge in [-0.1, -0.05) is 6.07 Å². The third-order valence-corrected chi connectivity index (χ3v) is 2.16. The Kier molecular flexibility index (Phi) is 3.16. The average Bonchev–Trinajstić information content (AvgIpc) is 2.46. The molecule has 1 aliphatic rings. The largest absolute Gasteiger partial charge is 0.491 e. The van der Waals surface area contributed by atoms with Gasteiger partial charge < -0.3 is 10.5 Å². The number of hydrogen-bond donors (Lipinski definition) is 1. The zero-order valence-electron chi connectivity index (χ0n) is 7.54. The maximum Gasteiger partial charge on any atom is 0.416 e. The van der Waals surface area contributed by atoms with Crippen LogP contribution in [-0.4, -0.2) is 6.61 Å². The maximum atomic E-state index is 12.3. The molecule has 6 heteroatoms. The van der Waals surface area contributed by atoms with Crippen molar-refractivity contribution in [2.24, 2.45) is 5.73 Å². The molecule has 0 fully saturated rings. The quantitative estimate of drug-likeness (QED) is 0.755. The van der Waals surface area contributed by atoms with E-state index in [2.05, 4.69) is 0 Å². The second-order valence-corrected chi connectivity index (χ2v) is 3.17. The first-order valence-electron chi connectivity index (χ1n) is 4.08. The summed E-state index contributed by atoms with van der Waals surface area (Å²) >= 11 is 0. The lowest BCUT2D eigenvalue weighted by atomic mass is 10.1. The number of benzene rings is 1. The van der Waals surface area contributed by atoms with Gasteiger partial charge in [-0.3, -0.25) is 0 Å². The Labute approximate surface area is 90.6 Å². The highest BCUT2D eigenvalue weighted by Crippen LogP contribution is 2.37. The average molecular weight is 240 g/mol. The van der Waals surface area contributed by atoms with Crippen LogP contribution < -0.4 is 10.5 Å². The first kappa shape index (κ1) is 12.1. The van der Waals surface area contributed by atoms with E-state index in [1.54, 1.807) is 0 Å². The van der Waals surface area contributed by atoms with Crippen molar-refractivity contribution in [2.45, 2.75) is 12.2 Å². The summed E-state index contributed by atoms with van der Waals surface area (Å²) in [7, 11) is 0. The van der Waals surface area contributed by atoms with Crippen molar-refractivity contribution in [3.63, 3.8) is 0 Å². The molecule has 2 N–H and O–H groups in total. The molecule has 84 valence electrons. The van der Waals surface area contributed by atoms with Crippen LogP contribution in [0.3, 0.4) is 0 Å². The van der Waals surface area contributed by atoms with Crippen LogP contribution >= 0.6 is 12.4 Å². The lowest BCUT2D eigenvalue weighted by Gasteiger charge is -2.08. The molecule has 1 heterocycles. The fourth-order valence-corrected chi connectivity index (χ4v) is 1.41. The van der Waals surface area contributed by atoms with E-state index in [-0.39, 0.29) is 30.8 Å². The number of fused-ring (bicyclic) bond motifs is 1. The van der Waals surface area contributed by atoms with Crippen molar-refractivity contribution in [3.8, 4) is 5.75 Å².